The minimum absolute atomic E-state index is 0.0158. The van der Waals surface area contributed by atoms with E-state index in [0.29, 0.717) is 28.7 Å². The first kappa shape index (κ1) is 36.8. The molecule has 0 atom stereocenters. The van der Waals surface area contributed by atoms with Gasteiger partial charge in [-0.1, -0.05) is 43.1 Å². The fraction of sp³-hybridized carbons (Fsp3) is 0.400. The molecule has 1 aromatic heterocycles. The van der Waals surface area contributed by atoms with Gasteiger partial charge >= 0.3 is 0 Å². The van der Waals surface area contributed by atoms with E-state index in [-0.39, 0.29) is 40.7 Å². The summed E-state index contributed by atoms with van der Waals surface area (Å²) in [6.45, 7) is 5.32. The third-order valence-corrected chi connectivity index (χ3v) is 10.3. The Morgan fingerprint density at radius 1 is 0.936 bits per heavy atom. The molecule has 4 rings (SSSR count). The number of quaternary nitrogens is 1. The molecule has 0 saturated heterocycles. The van der Waals surface area contributed by atoms with Crippen LogP contribution in [0.5, 0.6) is 5.75 Å². The summed E-state index contributed by atoms with van der Waals surface area (Å²) >= 11 is 12.8. The van der Waals surface area contributed by atoms with Crippen molar-refractivity contribution >= 4 is 33.2 Å². The zero-order chi connectivity index (χ0) is 34.6. The fourth-order valence-electron chi connectivity index (χ4n) is 5.47. The van der Waals surface area contributed by atoms with Gasteiger partial charge in [0.1, 0.15) is 23.2 Å². The normalized spacial score (nSPS) is 12.5. The van der Waals surface area contributed by atoms with E-state index in [1.807, 2.05) is 30.5 Å². The Morgan fingerprint density at radius 2 is 1.64 bits per heavy atom. The molecule has 7 nitrogen and oxygen atoms in total. The molecular weight excluding hydrogens is 665 g/mol. The fourth-order valence-corrected chi connectivity index (χ4v) is 7.14. The van der Waals surface area contributed by atoms with Crippen molar-refractivity contribution in [1.29, 1.82) is 0 Å². The summed E-state index contributed by atoms with van der Waals surface area (Å²) in [5.74, 6) is 0.0395. The van der Waals surface area contributed by atoms with Crippen molar-refractivity contribution in [2.24, 2.45) is 0 Å². The van der Waals surface area contributed by atoms with Gasteiger partial charge in [0.25, 0.3) is 0 Å². The molecule has 0 spiro atoms. The first-order chi connectivity index (χ1) is 22.0. The van der Waals surface area contributed by atoms with Crippen LogP contribution >= 0.6 is 23.2 Å². The summed E-state index contributed by atoms with van der Waals surface area (Å²) < 4.78 is 66.0. The highest BCUT2D eigenvalue weighted by Crippen LogP contribution is 2.38. The number of aromatic nitrogens is 2. The average Bonchev–Trinajstić information content (AvgIpc) is 3.43. The molecule has 0 aliphatic carbocycles. The second-order valence-corrected chi connectivity index (χ2v) is 15.8. The van der Waals surface area contributed by atoms with Crippen molar-refractivity contribution < 1.29 is 26.4 Å². The van der Waals surface area contributed by atoms with Crippen LogP contribution in [0.3, 0.4) is 0 Å². The Bertz CT molecular complexity index is 1780. The maximum absolute atomic E-state index is 15.5. The zero-order valence-corrected chi connectivity index (χ0v) is 30.0. The molecule has 0 fully saturated rings. The van der Waals surface area contributed by atoms with Crippen molar-refractivity contribution in [3.63, 3.8) is 0 Å². The van der Waals surface area contributed by atoms with E-state index in [1.54, 1.807) is 31.5 Å². The van der Waals surface area contributed by atoms with Crippen LogP contribution in [0.25, 0.3) is 5.69 Å². The molecule has 0 saturated carbocycles. The zero-order valence-electron chi connectivity index (χ0n) is 27.7. The number of aryl methyl sites for hydroxylation is 1. The van der Waals surface area contributed by atoms with Crippen molar-refractivity contribution in [3.8, 4) is 11.4 Å². The Balaban J connectivity index is 1.57. The molecule has 12 heteroatoms. The van der Waals surface area contributed by atoms with Crippen LogP contribution in [-0.4, -0.2) is 63.8 Å². The number of rotatable bonds is 15. The van der Waals surface area contributed by atoms with E-state index < -0.39 is 21.3 Å². The molecule has 254 valence electrons. The molecule has 3 aromatic carbocycles. The number of imidazole rings is 1. The van der Waals surface area contributed by atoms with Gasteiger partial charge in [-0.3, -0.25) is 4.57 Å². The van der Waals surface area contributed by atoms with Crippen molar-refractivity contribution in [3.05, 3.63) is 105 Å². The number of nitrogens with one attached hydrogen (secondary N) is 1. The molecule has 1 N–H and O–H groups in total. The lowest BCUT2D eigenvalue weighted by molar-refractivity contribution is -0.870. The third kappa shape index (κ3) is 9.12. The average molecular weight is 709 g/mol. The van der Waals surface area contributed by atoms with E-state index in [4.69, 9.17) is 32.9 Å². The van der Waals surface area contributed by atoms with Crippen molar-refractivity contribution in [2.75, 3.05) is 41.3 Å². The van der Waals surface area contributed by atoms with Crippen LogP contribution in [0.1, 0.15) is 55.8 Å². The molecule has 0 radical (unpaired) electrons. The monoisotopic (exact) mass is 707 g/mol. The summed E-state index contributed by atoms with van der Waals surface area (Å²) in [4.78, 5) is 4.49. The number of halogens is 4. The predicted octanol–water partition coefficient (Wildman–Crippen LogP) is 7.73. The van der Waals surface area contributed by atoms with Gasteiger partial charge in [-0.2, -0.15) is 0 Å². The molecule has 0 aliphatic heterocycles. The van der Waals surface area contributed by atoms with Crippen LogP contribution < -0.4 is 9.46 Å². The quantitative estimate of drug-likeness (QED) is 0.101. The minimum atomic E-state index is -3.94. The molecular formula is C35H43Cl2F2N4O3S+. The van der Waals surface area contributed by atoms with Crippen LogP contribution in [-0.2, 0) is 28.3 Å². The Hall–Kier alpha value is -3.02. The largest absolute Gasteiger partial charge is 0.495 e. The van der Waals surface area contributed by atoms with Gasteiger partial charge in [-0.15, -0.1) is 0 Å². The van der Waals surface area contributed by atoms with Crippen LogP contribution in [0, 0.1) is 11.6 Å². The second kappa shape index (κ2) is 15.0. The standard InChI is InChI=1S/C35H43Cl2F2N4O3S/c1-35(2,24-10-16-29(36)32(20-24)46-6)33-23-40-34(42(33)26-13-11-25(38)12-14-26)17-15-28-30(37)21-27(22-31(28)39)47(44,45)41-18-8-7-9-19-43(3,4)5/h10-14,16,20-23,41H,7-9,15,17-19H2,1-6H3/q+1. The number of sulfonamides is 1. The number of ether oxygens (including phenoxy) is 1. The summed E-state index contributed by atoms with van der Waals surface area (Å²) in [6.07, 6.45) is 4.71. The SMILES string of the molecule is COc1cc(C(C)(C)c2cnc(CCc3c(F)cc(S(=O)(=O)NCCCCC[N+](C)(C)C)cc3Cl)n2-c2ccc(F)cc2)ccc1Cl. The number of nitrogens with zero attached hydrogens (tertiary/aromatic N) is 3. The molecule has 0 aliphatic rings. The van der Waals surface area contributed by atoms with Gasteiger partial charge in [0, 0.05) is 40.9 Å². The predicted molar refractivity (Wildman–Crippen MR) is 184 cm³/mol. The van der Waals surface area contributed by atoms with Crippen molar-refractivity contribution in [2.45, 2.75) is 56.3 Å². The minimum Gasteiger partial charge on any atom is -0.495 e. The lowest BCUT2D eigenvalue weighted by Crippen LogP contribution is -2.35. The molecule has 0 bridgehead atoms. The molecule has 47 heavy (non-hydrogen) atoms. The third-order valence-electron chi connectivity index (χ3n) is 8.25. The number of hydrogen-bond donors (Lipinski definition) is 1. The van der Waals surface area contributed by atoms with E-state index in [2.05, 4.69) is 25.9 Å². The highest BCUT2D eigenvalue weighted by atomic mass is 35.5. The topological polar surface area (TPSA) is 73.2 Å². The van der Waals surface area contributed by atoms with Gasteiger partial charge in [-0.25, -0.2) is 26.9 Å². The second-order valence-electron chi connectivity index (χ2n) is 13.2. The van der Waals surface area contributed by atoms with Crippen LogP contribution in [0.15, 0.2) is 65.7 Å². The summed E-state index contributed by atoms with van der Waals surface area (Å²) in [6, 6.07) is 13.9. The van der Waals surface area contributed by atoms with Crippen LogP contribution in [0.2, 0.25) is 10.0 Å². The Morgan fingerprint density at radius 3 is 2.28 bits per heavy atom. The van der Waals surface area contributed by atoms with Gasteiger partial charge < -0.3 is 9.22 Å². The Labute approximate surface area is 287 Å². The number of unbranched alkanes of at least 4 members (excludes halogenated alkanes) is 2. The van der Waals surface area contributed by atoms with Gasteiger partial charge in [0.05, 0.1) is 50.4 Å². The maximum Gasteiger partial charge on any atom is 0.240 e. The highest BCUT2D eigenvalue weighted by molar-refractivity contribution is 7.89. The van der Waals surface area contributed by atoms with Gasteiger partial charge in [0.2, 0.25) is 10.0 Å². The van der Waals surface area contributed by atoms with Gasteiger partial charge in [-0.05, 0) is 79.8 Å². The van der Waals surface area contributed by atoms with Gasteiger partial charge in [0.15, 0.2) is 0 Å². The first-order valence-electron chi connectivity index (χ1n) is 15.5. The van der Waals surface area contributed by atoms with E-state index in [0.717, 1.165) is 41.2 Å². The molecule has 4 aromatic rings. The number of methoxy groups -OCH3 is 1. The summed E-state index contributed by atoms with van der Waals surface area (Å²) in [5.41, 5.74) is 1.98. The number of benzene rings is 3. The van der Waals surface area contributed by atoms with E-state index >= 15 is 4.39 Å². The van der Waals surface area contributed by atoms with E-state index in [9.17, 15) is 12.8 Å². The summed E-state index contributed by atoms with van der Waals surface area (Å²) in [7, 11) is 3.95. The highest BCUT2D eigenvalue weighted by Gasteiger charge is 2.30. The smallest absolute Gasteiger partial charge is 0.240 e. The van der Waals surface area contributed by atoms with Crippen molar-refractivity contribution in [1.82, 2.24) is 14.3 Å². The number of hydrogen-bond acceptors (Lipinski definition) is 4. The first-order valence-corrected chi connectivity index (χ1v) is 17.7. The molecule has 0 amide bonds. The lowest BCUT2D eigenvalue weighted by Gasteiger charge is -2.28. The molecule has 1 heterocycles. The Kier molecular flexibility index (Phi) is 11.8. The summed E-state index contributed by atoms with van der Waals surface area (Å²) in [5, 5.41) is 0.501. The molecule has 0 unspecified atom stereocenters. The maximum atomic E-state index is 15.5. The van der Waals surface area contributed by atoms with E-state index in [1.165, 1.54) is 18.2 Å². The van der Waals surface area contributed by atoms with Crippen LogP contribution in [0.4, 0.5) is 8.78 Å². The lowest BCUT2D eigenvalue weighted by atomic mass is 9.81.